The van der Waals surface area contributed by atoms with Gasteiger partial charge in [-0.3, -0.25) is 0 Å². The van der Waals surface area contributed by atoms with E-state index in [1.54, 1.807) is 0 Å². The number of rotatable bonds is 3. The van der Waals surface area contributed by atoms with Gasteiger partial charge in [-0.25, -0.2) is 0 Å². The fraction of sp³-hybridized carbons (Fsp3) is 0.538. The molecule has 1 atom stereocenters. The van der Waals surface area contributed by atoms with Crippen LogP contribution < -0.4 is 0 Å². The zero-order chi connectivity index (χ0) is 10.8. The fourth-order valence-electron chi connectivity index (χ4n) is 1.43. The Morgan fingerprint density at radius 3 is 2.07 bits per heavy atom. The van der Waals surface area contributed by atoms with Gasteiger partial charge in [-0.05, 0) is 30.4 Å². The van der Waals surface area contributed by atoms with Gasteiger partial charge >= 0.3 is 0 Å². The lowest BCUT2D eigenvalue weighted by Crippen LogP contribution is -2.19. The minimum absolute atomic E-state index is 0.552. The van der Waals surface area contributed by atoms with E-state index in [4.69, 9.17) is 0 Å². The third-order valence-corrected chi connectivity index (χ3v) is 2.89. The van der Waals surface area contributed by atoms with E-state index < -0.39 is 5.60 Å². The Bertz CT molecular complexity index is 283. The van der Waals surface area contributed by atoms with E-state index in [1.807, 2.05) is 26.0 Å². The lowest BCUT2D eigenvalue weighted by Gasteiger charge is -2.22. The molecule has 14 heavy (non-hydrogen) atoms. The van der Waals surface area contributed by atoms with Gasteiger partial charge in [-0.15, -0.1) is 0 Å². The van der Waals surface area contributed by atoms with Crippen molar-refractivity contribution in [3.8, 4) is 0 Å². The van der Waals surface area contributed by atoms with Gasteiger partial charge in [-0.2, -0.15) is 0 Å². The molecule has 1 aromatic rings. The van der Waals surface area contributed by atoms with Gasteiger partial charge in [0.05, 0.1) is 5.60 Å². The van der Waals surface area contributed by atoms with E-state index in [-0.39, 0.29) is 0 Å². The second-order valence-corrected chi connectivity index (χ2v) is 4.40. The highest BCUT2D eigenvalue weighted by molar-refractivity contribution is 5.28. The minimum atomic E-state index is -0.685. The first-order valence-corrected chi connectivity index (χ1v) is 5.30. The Morgan fingerprint density at radius 2 is 1.71 bits per heavy atom. The highest BCUT2D eigenvalue weighted by atomic mass is 16.3. The smallest absolute Gasteiger partial charge is 0.0865 e. The van der Waals surface area contributed by atoms with Crippen molar-refractivity contribution in [2.24, 2.45) is 0 Å². The number of aliphatic hydroxyl groups is 1. The number of hydrogen-bond donors (Lipinski definition) is 1. The Hall–Kier alpha value is -0.820. The molecular weight excluding hydrogens is 172 g/mol. The van der Waals surface area contributed by atoms with E-state index in [0.29, 0.717) is 5.92 Å². The van der Waals surface area contributed by atoms with Crippen LogP contribution in [-0.2, 0) is 5.60 Å². The third-order valence-electron chi connectivity index (χ3n) is 2.89. The highest BCUT2D eigenvalue weighted by Crippen LogP contribution is 2.25. The summed E-state index contributed by atoms with van der Waals surface area (Å²) in [6, 6.07) is 8.26. The molecule has 1 nitrogen and oxygen atoms in total. The quantitative estimate of drug-likeness (QED) is 0.778. The maximum absolute atomic E-state index is 10.0. The molecule has 78 valence electrons. The van der Waals surface area contributed by atoms with E-state index in [1.165, 1.54) is 5.56 Å². The van der Waals surface area contributed by atoms with Crippen LogP contribution in [0.15, 0.2) is 24.3 Å². The van der Waals surface area contributed by atoms with E-state index in [2.05, 4.69) is 26.0 Å². The van der Waals surface area contributed by atoms with Gasteiger partial charge < -0.3 is 5.11 Å². The maximum atomic E-state index is 10.0. The summed E-state index contributed by atoms with van der Waals surface area (Å²) in [4.78, 5) is 0. The van der Waals surface area contributed by atoms with Crippen LogP contribution in [0, 0.1) is 0 Å². The Kier molecular flexibility index (Phi) is 3.33. The molecule has 0 heterocycles. The Morgan fingerprint density at radius 1 is 1.21 bits per heavy atom. The van der Waals surface area contributed by atoms with Crippen molar-refractivity contribution in [3.63, 3.8) is 0 Å². The van der Waals surface area contributed by atoms with Crippen molar-refractivity contribution >= 4 is 0 Å². The first kappa shape index (κ1) is 11.3. The lowest BCUT2D eigenvalue weighted by atomic mass is 9.91. The summed E-state index contributed by atoms with van der Waals surface area (Å²) in [7, 11) is 0. The fourth-order valence-corrected chi connectivity index (χ4v) is 1.43. The number of benzene rings is 1. The largest absolute Gasteiger partial charge is 0.385 e. The van der Waals surface area contributed by atoms with Gasteiger partial charge in [0.2, 0.25) is 0 Å². The van der Waals surface area contributed by atoms with Crippen LogP contribution in [0.25, 0.3) is 0 Å². The molecule has 0 aliphatic rings. The summed E-state index contributed by atoms with van der Waals surface area (Å²) in [6.45, 7) is 8.20. The molecule has 0 saturated heterocycles. The molecule has 0 spiro atoms. The lowest BCUT2D eigenvalue weighted by molar-refractivity contribution is 0.0531. The van der Waals surface area contributed by atoms with Crippen LogP contribution in [0.5, 0.6) is 0 Å². The van der Waals surface area contributed by atoms with Crippen LogP contribution in [0.2, 0.25) is 0 Å². The first-order valence-electron chi connectivity index (χ1n) is 5.30. The molecule has 1 rings (SSSR count). The zero-order valence-electron chi connectivity index (χ0n) is 9.54. The van der Waals surface area contributed by atoms with Crippen LogP contribution >= 0.6 is 0 Å². The second kappa shape index (κ2) is 4.14. The SMILES string of the molecule is CC[C@](C)(O)c1ccc(C(C)C)cc1. The molecule has 1 N–H and O–H groups in total. The van der Waals surface area contributed by atoms with E-state index in [9.17, 15) is 5.11 Å². The van der Waals surface area contributed by atoms with E-state index >= 15 is 0 Å². The van der Waals surface area contributed by atoms with Crippen molar-refractivity contribution in [2.75, 3.05) is 0 Å². The molecule has 0 radical (unpaired) electrons. The van der Waals surface area contributed by atoms with Crippen molar-refractivity contribution < 1.29 is 5.11 Å². The van der Waals surface area contributed by atoms with Gasteiger partial charge in [0.1, 0.15) is 0 Å². The summed E-state index contributed by atoms with van der Waals surface area (Å²) in [5, 5.41) is 10.0. The topological polar surface area (TPSA) is 20.2 Å². The monoisotopic (exact) mass is 192 g/mol. The molecule has 0 unspecified atom stereocenters. The second-order valence-electron chi connectivity index (χ2n) is 4.40. The predicted molar refractivity (Wildman–Crippen MR) is 60.4 cm³/mol. The third kappa shape index (κ3) is 2.36. The minimum Gasteiger partial charge on any atom is -0.385 e. The predicted octanol–water partition coefficient (Wildman–Crippen LogP) is 3.43. The van der Waals surface area contributed by atoms with Crippen molar-refractivity contribution in [1.82, 2.24) is 0 Å². The van der Waals surface area contributed by atoms with Crippen molar-refractivity contribution in [2.45, 2.75) is 45.6 Å². The molecule has 1 aromatic carbocycles. The average molecular weight is 192 g/mol. The molecule has 0 amide bonds. The molecule has 0 aromatic heterocycles. The maximum Gasteiger partial charge on any atom is 0.0865 e. The van der Waals surface area contributed by atoms with Crippen molar-refractivity contribution in [1.29, 1.82) is 0 Å². The van der Waals surface area contributed by atoms with E-state index in [0.717, 1.165) is 12.0 Å². The Balaban J connectivity index is 2.94. The normalized spacial score (nSPS) is 15.6. The molecule has 0 fully saturated rings. The highest BCUT2D eigenvalue weighted by Gasteiger charge is 2.19. The molecule has 0 saturated carbocycles. The summed E-state index contributed by atoms with van der Waals surface area (Å²) >= 11 is 0. The summed E-state index contributed by atoms with van der Waals surface area (Å²) in [5.74, 6) is 0.552. The molecular formula is C13H20O. The van der Waals surface area contributed by atoms with Crippen LogP contribution in [0.1, 0.15) is 51.2 Å². The zero-order valence-corrected chi connectivity index (χ0v) is 9.54. The molecule has 1 heteroatoms. The van der Waals surface area contributed by atoms with Crippen LogP contribution in [-0.4, -0.2) is 5.11 Å². The van der Waals surface area contributed by atoms with Crippen LogP contribution in [0.3, 0.4) is 0 Å². The molecule has 0 aliphatic carbocycles. The molecule has 0 aliphatic heterocycles. The van der Waals surface area contributed by atoms with Gasteiger partial charge in [0, 0.05) is 0 Å². The summed E-state index contributed by atoms with van der Waals surface area (Å²) in [5.41, 5.74) is 1.64. The van der Waals surface area contributed by atoms with Gasteiger partial charge in [0.15, 0.2) is 0 Å². The average Bonchev–Trinajstić information content (AvgIpc) is 2.18. The summed E-state index contributed by atoms with van der Waals surface area (Å²) in [6.07, 6.45) is 0.744. The van der Waals surface area contributed by atoms with Crippen molar-refractivity contribution in [3.05, 3.63) is 35.4 Å². The summed E-state index contributed by atoms with van der Waals surface area (Å²) < 4.78 is 0. The Labute approximate surface area is 86.8 Å². The van der Waals surface area contributed by atoms with Crippen LogP contribution in [0.4, 0.5) is 0 Å². The van der Waals surface area contributed by atoms with Gasteiger partial charge in [-0.1, -0.05) is 45.0 Å². The first-order chi connectivity index (χ1) is 6.47. The molecule has 0 bridgehead atoms. The van der Waals surface area contributed by atoms with Gasteiger partial charge in [0.25, 0.3) is 0 Å². The standard InChI is InChI=1S/C13H20O/c1-5-13(4,14)12-8-6-11(7-9-12)10(2)3/h6-10,14H,5H2,1-4H3/t13-/m0/s1. The number of hydrogen-bond acceptors (Lipinski definition) is 1.